The van der Waals surface area contributed by atoms with Gasteiger partial charge in [-0.1, -0.05) is 59.7 Å². The second kappa shape index (κ2) is 8.75. The lowest BCUT2D eigenvalue weighted by Gasteiger charge is -2.07. The lowest BCUT2D eigenvalue weighted by Crippen LogP contribution is -2.16. The molecule has 0 aliphatic heterocycles. The Bertz CT molecular complexity index is 1250. The Morgan fingerprint density at radius 3 is 2.16 bits per heavy atom. The van der Waals surface area contributed by atoms with Crippen LogP contribution in [0.3, 0.4) is 0 Å². The average Bonchev–Trinajstić information content (AvgIpc) is 3.16. The third-order valence-corrected chi connectivity index (χ3v) is 4.82. The molecule has 0 aliphatic rings. The first-order valence-corrected chi connectivity index (χ1v) is 9.99. The van der Waals surface area contributed by atoms with Crippen molar-refractivity contribution in [3.8, 4) is 5.69 Å². The fraction of sp³-hybridized carbons (Fsp3) is 0.120. The Balaban J connectivity index is 1.64. The normalized spacial score (nSPS) is 10.6. The van der Waals surface area contributed by atoms with Gasteiger partial charge in [-0.25, -0.2) is 0 Å². The van der Waals surface area contributed by atoms with E-state index in [-0.39, 0.29) is 24.1 Å². The lowest BCUT2D eigenvalue weighted by atomic mass is 10.1. The second-order valence-corrected chi connectivity index (χ2v) is 7.39. The van der Waals surface area contributed by atoms with Crippen LogP contribution in [0.5, 0.6) is 0 Å². The summed E-state index contributed by atoms with van der Waals surface area (Å²) in [5.74, 6) is 0.245. The highest BCUT2D eigenvalue weighted by molar-refractivity contribution is 6.03. The van der Waals surface area contributed by atoms with Crippen molar-refractivity contribution < 1.29 is 9.59 Å². The van der Waals surface area contributed by atoms with Crippen LogP contribution < -0.4 is 5.32 Å². The van der Waals surface area contributed by atoms with Gasteiger partial charge in [0.05, 0.1) is 12.1 Å². The van der Waals surface area contributed by atoms with Crippen molar-refractivity contribution in [3.63, 3.8) is 0 Å². The predicted molar refractivity (Wildman–Crippen MR) is 120 cm³/mol. The van der Waals surface area contributed by atoms with Gasteiger partial charge in [0.2, 0.25) is 5.95 Å². The molecule has 0 aliphatic carbocycles. The molecule has 0 atom stereocenters. The van der Waals surface area contributed by atoms with E-state index in [9.17, 15) is 9.59 Å². The van der Waals surface area contributed by atoms with Crippen LogP contribution in [-0.2, 0) is 6.42 Å². The van der Waals surface area contributed by atoms with E-state index in [1.165, 1.54) is 0 Å². The van der Waals surface area contributed by atoms with Gasteiger partial charge in [-0.05, 0) is 44.2 Å². The lowest BCUT2D eigenvalue weighted by molar-refractivity contribution is 0.0989. The number of rotatable bonds is 6. The number of Topliss-reactive ketones (excluding diaryl/α,β-unsaturated/α-hetero) is 1. The van der Waals surface area contributed by atoms with Gasteiger partial charge >= 0.3 is 0 Å². The topological polar surface area (TPSA) is 76.9 Å². The molecule has 0 spiro atoms. The monoisotopic (exact) mass is 410 g/mol. The van der Waals surface area contributed by atoms with Crippen molar-refractivity contribution in [2.24, 2.45) is 0 Å². The summed E-state index contributed by atoms with van der Waals surface area (Å²) in [6.45, 7) is 3.87. The SMILES string of the molecule is Cc1cccc(C(=O)Cc2nc(NC(=O)c3cccc(C)c3)n(-c3ccccc3)n2)c1. The number of ketones is 1. The van der Waals surface area contributed by atoms with Crippen molar-refractivity contribution in [2.45, 2.75) is 20.3 Å². The van der Waals surface area contributed by atoms with E-state index in [1.807, 2.05) is 74.5 Å². The molecule has 1 amide bonds. The molecule has 154 valence electrons. The molecule has 0 saturated carbocycles. The third kappa shape index (κ3) is 4.75. The molecule has 4 aromatic rings. The Morgan fingerprint density at radius 1 is 0.839 bits per heavy atom. The number of aryl methyl sites for hydroxylation is 2. The van der Waals surface area contributed by atoms with E-state index in [0.717, 1.165) is 16.8 Å². The highest BCUT2D eigenvalue weighted by Crippen LogP contribution is 2.17. The Hall–Kier alpha value is -4.06. The standard InChI is InChI=1S/C25H22N4O2/c1-17-8-6-10-19(14-17)22(30)16-23-26-25(29(28-23)21-12-4-3-5-13-21)27-24(31)20-11-7-9-18(2)15-20/h3-15H,16H2,1-2H3,(H,26,27,28,31). The van der Waals surface area contributed by atoms with Crippen molar-refractivity contribution in [1.82, 2.24) is 14.8 Å². The molecule has 0 radical (unpaired) electrons. The summed E-state index contributed by atoms with van der Waals surface area (Å²) >= 11 is 0. The number of aromatic nitrogens is 3. The largest absolute Gasteiger partial charge is 0.294 e. The molecule has 6 heteroatoms. The Labute approximate surface area is 180 Å². The van der Waals surface area contributed by atoms with E-state index in [2.05, 4.69) is 15.4 Å². The van der Waals surface area contributed by atoms with E-state index in [4.69, 9.17) is 0 Å². The van der Waals surface area contributed by atoms with Crippen LogP contribution in [0, 0.1) is 13.8 Å². The number of nitrogens with zero attached hydrogens (tertiary/aromatic N) is 3. The van der Waals surface area contributed by atoms with Gasteiger partial charge in [-0.3, -0.25) is 14.9 Å². The first-order valence-electron chi connectivity index (χ1n) is 9.99. The van der Waals surface area contributed by atoms with Crippen LogP contribution in [0.15, 0.2) is 78.9 Å². The summed E-state index contributed by atoms with van der Waals surface area (Å²) in [5.41, 5.74) is 3.88. The number of para-hydroxylation sites is 1. The molecule has 1 heterocycles. The minimum absolute atomic E-state index is 0.0383. The quantitative estimate of drug-likeness (QED) is 0.473. The summed E-state index contributed by atoms with van der Waals surface area (Å²) in [6, 6.07) is 24.1. The molecular weight excluding hydrogens is 388 g/mol. The van der Waals surface area contributed by atoms with E-state index >= 15 is 0 Å². The molecule has 0 bridgehead atoms. The number of nitrogens with one attached hydrogen (secondary N) is 1. The summed E-state index contributed by atoms with van der Waals surface area (Å²) in [4.78, 5) is 30.0. The third-order valence-electron chi connectivity index (χ3n) is 4.82. The maximum Gasteiger partial charge on any atom is 0.258 e. The fourth-order valence-electron chi connectivity index (χ4n) is 3.28. The van der Waals surface area contributed by atoms with Gasteiger partial charge in [0, 0.05) is 11.1 Å². The summed E-state index contributed by atoms with van der Waals surface area (Å²) in [6.07, 6.45) is 0.0383. The smallest absolute Gasteiger partial charge is 0.258 e. The van der Waals surface area contributed by atoms with E-state index in [1.54, 1.807) is 22.9 Å². The Kier molecular flexibility index (Phi) is 5.71. The molecular formula is C25H22N4O2. The van der Waals surface area contributed by atoms with Crippen LogP contribution in [0.4, 0.5) is 5.95 Å². The summed E-state index contributed by atoms with van der Waals surface area (Å²) in [7, 11) is 0. The van der Waals surface area contributed by atoms with Crippen LogP contribution in [0.1, 0.15) is 37.7 Å². The van der Waals surface area contributed by atoms with Gasteiger partial charge < -0.3 is 0 Å². The van der Waals surface area contributed by atoms with Crippen LogP contribution in [0.2, 0.25) is 0 Å². The van der Waals surface area contributed by atoms with Crippen molar-refractivity contribution in [3.05, 3.63) is 107 Å². The van der Waals surface area contributed by atoms with Crippen molar-refractivity contribution in [2.75, 3.05) is 5.32 Å². The van der Waals surface area contributed by atoms with Crippen LogP contribution >= 0.6 is 0 Å². The zero-order valence-corrected chi connectivity index (χ0v) is 17.4. The van der Waals surface area contributed by atoms with Crippen molar-refractivity contribution in [1.29, 1.82) is 0 Å². The van der Waals surface area contributed by atoms with Crippen molar-refractivity contribution >= 4 is 17.6 Å². The molecule has 6 nitrogen and oxygen atoms in total. The summed E-state index contributed by atoms with van der Waals surface area (Å²) in [5, 5.41) is 7.34. The number of carbonyl (C=O) groups excluding carboxylic acids is 2. The fourth-order valence-corrected chi connectivity index (χ4v) is 3.28. The molecule has 4 rings (SSSR count). The van der Waals surface area contributed by atoms with Gasteiger partial charge in [-0.2, -0.15) is 9.67 Å². The molecule has 0 unspecified atom stereocenters. The molecule has 0 fully saturated rings. The average molecular weight is 410 g/mol. The summed E-state index contributed by atoms with van der Waals surface area (Å²) < 4.78 is 1.55. The number of benzene rings is 3. The number of hydrogen-bond donors (Lipinski definition) is 1. The number of amides is 1. The first kappa shape index (κ1) is 20.2. The van der Waals surface area contributed by atoms with Gasteiger partial charge in [0.25, 0.3) is 5.91 Å². The minimum atomic E-state index is -0.287. The van der Waals surface area contributed by atoms with Crippen LogP contribution in [0.25, 0.3) is 5.69 Å². The molecule has 3 aromatic carbocycles. The van der Waals surface area contributed by atoms with Gasteiger partial charge in [0.1, 0.15) is 0 Å². The van der Waals surface area contributed by atoms with Gasteiger partial charge in [-0.15, -0.1) is 5.10 Å². The zero-order chi connectivity index (χ0) is 21.8. The van der Waals surface area contributed by atoms with Gasteiger partial charge in [0.15, 0.2) is 11.6 Å². The maximum absolute atomic E-state index is 12.8. The molecule has 1 aromatic heterocycles. The highest BCUT2D eigenvalue weighted by atomic mass is 16.2. The van der Waals surface area contributed by atoms with E-state index < -0.39 is 0 Å². The molecule has 1 N–H and O–H groups in total. The number of carbonyl (C=O) groups is 2. The maximum atomic E-state index is 12.8. The number of anilines is 1. The van der Waals surface area contributed by atoms with E-state index in [0.29, 0.717) is 17.0 Å². The number of hydrogen-bond acceptors (Lipinski definition) is 4. The minimum Gasteiger partial charge on any atom is -0.294 e. The molecule has 0 saturated heterocycles. The highest BCUT2D eigenvalue weighted by Gasteiger charge is 2.18. The molecule has 31 heavy (non-hydrogen) atoms. The zero-order valence-electron chi connectivity index (χ0n) is 17.4. The predicted octanol–water partition coefficient (Wildman–Crippen LogP) is 4.56. The Morgan fingerprint density at radius 2 is 1.48 bits per heavy atom. The second-order valence-electron chi connectivity index (χ2n) is 7.39. The first-order chi connectivity index (χ1) is 15.0. The van der Waals surface area contributed by atoms with Crippen LogP contribution in [-0.4, -0.2) is 26.5 Å².